The lowest BCUT2D eigenvalue weighted by atomic mass is 9.77. The Morgan fingerprint density at radius 2 is 2.07 bits per heavy atom. The third kappa shape index (κ3) is 3.45. The maximum atomic E-state index is 13.9. The first kappa shape index (κ1) is 20.2. The van der Waals surface area contributed by atoms with Crippen LogP contribution in [0.4, 0.5) is 19.3 Å². The number of amides is 3. The first-order valence-electron chi connectivity index (χ1n) is 8.59. The molecule has 150 valence electrons. The Morgan fingerprint density at radius 3 is 2.71 bits per heavy atom. The maximum absolute atomic E-state index is 13.9. The summed E-state index contributed by atoms with van der Waals surface area (Å²) in [6, 6.07) is 1.01. The number of benzene rings is 1. The van der Waals surface area contributed by atoms with Crippen molar-refractivity contribution in [3.63, 3.8) is 0 Å². The van der Waals surface area contributed by atoms with Gasteiger partial charge in [0.1, 0.15) is 17.7 Å². The third-order valence-corrected chi connectivity index (χ3v) is 4.98. The normalized spacial score (nSPS) is 20.5. The lowest BCUT2D eigenvalue weighted by Gasteiger charge is -2.34. The molecule has 1 aromatic heterocycles. The van der Waals surface area contributed by atoms with Gasteiger partial charge in [0.25, 0.3) is 5.91 Å². The molecule has 3 N–H and O–H groups in total. The van der Waals surface area contributed by atoms with Crippen LogP contribution in [0.25, 0.3) is 0 Å². The molecule has 3 amide bonds. The number of halogens is 3. The Balaban J connectivity index is 0.00000225. The molecule has 2 fully saturated rings. The molecule has 0 bridgehead atoms. The average molecular weight is 414 g/mol. The number of rotatable bonds is 5. The van der Waals surface area contributed by atoms with E-state index in [2.05, 4.69) is 15.5 Å². The second-order valence-electron chi connectivity index (χ2n) is 6.83. The van der Waals surface area contributed by atoms with Crippen LogP contribution in [0.5, 0.6) is 0 Å². The number of hydrogen-bond acceptors (Lipinski definition) is 6. The fourth-order valence-electron chi connectivity index (χ4n) is 3.23. The molecule has 1 atom stereocenters. The number of imide groups is 1. The van der Waals surface area contributed by atoms with E-state index < -0.39 is 35.2 Å². The molecule has 0 radical (unpaired) electrons. The molecule has 2 aliphatic rings. The van der Waals surface area contributed by atoms with Crippen LogP contribution in [0.1, 0.15) is 37.4 Å². The first-order chi connectivity index (χ1) is 12.9. The minimum atomic E-state index is -0.991. The minimum Gasteiger partial charge on any atom is -0.339 e. The summed E-state index contributed by atoms with van der Waals surface area (Å²) < 4.78 is 32.1. The van der Waals surface area contributed by atoms with E-state index in [1.165, 1.54) is 0 Å². The zero-order valence-electron chi connectivity index (χ0n) is 14.7. The van der Waals surface area contributed by atoms with Crippen molar-refractivity contribution in [1.29, 1.82) is 0 Å². The number of aromatic nitrogens is 2. The zero-order valence-corrected chi connectivity index (χ0v) is 15.5. The van der Waals surface area contributed by atoms with Crippen LogP contribution < -0.4 is 16.0 Å². The smallest absolute Gasteiger partial charge is 0.329 e. The number of hydrogen-bond donors (Lipinski definition) is 2. The van der Waals surface area contributed by atoms with Crippen LogP contribution in [0, 0.1) is 11.6 Å². The molecule has 2 heterocycles. The van der Waals surface area contributed by atoms with E-state index in [-0.39, 0.29) is 30.9 Å². The summed E-state index contributed by atoms with van der Waals surface area (Å²) in [6.07, 6.45) is 3.05. The summed E-state index contributed by atoms with van der Waals surface area (Å²) in [6.45, 7) is 0. The maximum Gasteiger partial charge on any atom is 0.329 e. The predicted molar refractivity (Wildman–Crippen MR) is 95.7 cm³/mol. The quantitative estimate of drug-likeness (QED) is 0.726. The number of anilines is 1. The van der Waals surface area contributed by atoms with E-state index >= 15 is 0 Å². The molecule has 1 aromatic carbocycles. The van der Waals surface area contributed by atoms with E-state index in [1.54, 1.807) is 0 Å². The first-order valence-corrected chi connectivity index (χ1v) is 8.59. The van der Waals surface area contributed by atoms with Gasteiger partial charge in [0, 0.05) is 12.5 Å². The van der Waals surface area contributed by atoms with Gasteiger partial charge in [-0.1, -0.05) is 5.16 Å². The van der Waals surface area contributed by atoms with Crippen molar-refractivity contribution in [2.75, 3.05) is 4.90 Å². The van der Waals surface area contributed by atoms with Crippen molar-refractivity contribution in [2.24, 2.45) is 5.73 Å². The largest absolute Gasteiger partial charge is 0.339 e. The van der Waals surface area contributed by atoms with Gasteiger partial charge in [-0.05, 0) is 37.8 Å². The van der Waals surface area contributed by atoms with Crippen LogP contribution in [-0.2, 0) is 16.8 Å². The summed E-state index contributed by atoms with van der Waals surface area (Å²) in [5.41, 5.74) is 5.30. The van der Waals surface area contributed by atoms with E-state index in [0.717, 1.165) is 31.4 Å². The van der Waals surface area contributed by atoms with Gasteiger partial charge in [-0.2, -0.15) is 4.98 Å². The molecule has 28 heavy (non-hydrogen) atoms. The van der Waals surface area contributed by atoms with Crippen molar-refractivity contribution < 1.29 is 22.9 Å². The van der Waals surface area contributed by atoms with E-state index in [4.69, 9.17) is 10.3 Å². The molecular formula is C17H18ClF2N5O3. The predicted octanol–water partition coefficient (Wildman–Crippen LogP) is 2.17. The van der Waals surface area contributed by atoms with Crippen molar-refractivity contribution in [3.05, 3.63) is 41.5 Å². The monoisotopic (exact) mass is 413 g/mol. The molecule has 4 rings (SSSR count). The molecular weight excluding hydrogens is 396 g/mol. The Morgan fingerprint density at radius 1 is 1.32 bits per heavy atom. The fraction of sp³-hybridized carbons (Fsp3) is 0.412. The molecule has 11 heteroatoms. The molecule has 8 nitrogen and oxygen atoms in total. The number of urea groups is 1. The molecule has 1 saturated heterocycles. The number of nitrogens with two attached hydrogens (primary N) is 1. The highest BCUT2D eigenvalue weighted by atomic mass is 35.5. The summed E-state index contributed by atoms with van der Waals surface area (Å²) in [4.78, 5) is 29.5. The summed E-state index contributed by atoms with van der Waals surface area (Å²) in [5.74, 6) is -1.65. The van der Waals surface area contributed by atoms with Crippen LogP contribution in [0.3, 0.4) is 0 Å². The Bertz CT molecular complexity index is 918. The average Bonchev–Trinajstić information content (AvgIpc) is 3.17. The SMILES string of the molecule is Cl.NC1(c2noc(CCC3NC(=O)N(c4ccc(F)cc4F)C3=O)n2)CCC1. The summed E-state index contributed by atoms with van der Waals surface area (Å²) in [5, 5.41) is 6.38. The molecule has 2 aromatic rings. The van der Waals surface area contributed by atoms with Crippen LogP contribution >= 0.6 is 12.4 Å². The van der Waals surface area contributed by atoms with Gasteiger partial charge < -0.3 is 15.6 Å². The highest BCUT2D eigenvalue weighted by Gasteiger charge is 2.41. The van der Waals surface area contributed by atoms with Crippen molar-refractivity contribution in [1.82, 2.24) is 15.5 Å². The summed E-state index contributed by atoms with van der Waals surface area (Å²) in [7, 11) is 0. The highest BCUT2D eigenvalue weighted by Crippen LogP contribution is 2.37. The van der Waals surface area contributed by atoms with Gasteiger partial charge in [0.2, 0.25) is 5.89 Å². The van der Waals surface area contributed by atoms with E-state index in [1.807, 2.05) is 0 Å². The molecule has 1 saturated carbocycles. The van der Waals surface area contributed by atoms with Gasteiger partial charge in [-0.15, -0.1) is 12.4 Å². The number of carbonyl (C=O) groups is 2. The fourth-order valence-corrected chi connectivity index (χ4v) is 3.23. The third-order valence-electron chi connectivity index (χ3n) is 4.98. The molecule has 1 aliphatic carbocycles. The Hall–Kier alpha value is -2.59. The second kappa shape index (κ2) is 7.44. The lowest BCUT2D eigenvalue weighted by Crippen LogP contribution is -2.44. The number of aryl methyl sites for hydroxylation is 1. The van der Waals surface area contributed by atoms with Gasteiger partial charge in [0.05, 0.1) is 11.2 Å². The zero-order chi connectivity index (χ0) is 19.2. The number of nitrogens with one attached hydrogen (secondary N) is 1. The Labute approximate surface area is 164 Å². The highest BCUT2D eigenvalue weighted by molar-refractivity contribution is 6.21. The van der Waals surface area contributed by atoms with E-state index in [9.17, 15) is 18.4 Å². The van der Waals surface area contributed by atoms with Crippen molar-refractivity contribution in [2.45, 2.75) is 43.7 Å². The van der Waals surface area contributed by atoms with Crippen molar-refractivity contribution >= 4 is 30.0 Å². The van der Waals surface area contributed by atoms with Gasteiger partial charge in [-0.3, -0.25) is 4.79 Å². The van der Waals surface area contributed by atoms with Crippen LogP contribution in [0.15, 0.2) is 22.7 Å². The van der Waals surface area contributed by atoms with Gasteiger partial charge in [0.15, 0.2) is 5.82 Å². The molecule has 1 unspecified atom stereocenters. The van der Waals surface area contributed by atoms with Crippen molar-refractivity contribution in [3.8, 4) is 0 Å². The van der Waals surface area contributed by atoms with Crippen LogP contribution in [-0.4, -0.2) is 28.1 Å². The van der Waals surface area contributed by atoms with E-state index in [0.29, 0.717) is 22.7 Å². The Kier molecular flexibility index (Phi) is 5.35. The standard InChI is InChI=1S/C17H17F2N5O3.ClH/c18-9-2-4-12(10(19)8-9)24-14(25)11(21-16(24)26)3-5-13-22-15(23-27-13)17(20)6-1-7-17;/h2,4,8,11H,1,3,5-7,20H2,(H,21,26);1H. The number of nitrogens with zero attached hydrogens (tertiary/aromatic N) is 3. The number of carbonyl (C=O) groups excluding carboxylic acids is 2. The summed E-state index contributed by atoms with van der Waals surface area (Å²) >= 11 is 0. The minimum absolute atomic E-state index is 0. The molecule has 0 spiro atoms. The van der Waals surface area contributed by atoms with Gasteiger partial charge >= 0.3 is 6.03 Å². The second-order valence-corrected chi connectivity index (χ2v) is 6.83. The van der Waals surface area contributed by atoms with Crippen LogP contribution in [0.2, 0.25) is 0 Å². The lowest BCUT2D eigenvalue weighted by molar-refractivity contribution is -0.118. The van der Waals surface area contributed by atoms with Gasteiger partial charge in [-0.25, -0.2) is 18.5 Å². The molecule has 1 aliphatic heterocycles. The topological polar surface area (TPSA) is 114 Å².